The van der Waals surface area contributed by atoms with Crippen LogP contribution in [0.15, 0.2) is 0 Å². The van der Waals surface area contributed by atoms with Crippen LogP contribution < -0.4 is 0 Å². The molecule has 0 aromatic rings. The highest BCUT2D eigenvalue weighted by Gasteiger charge is 2.19. The van der Waals surface area contributed by atoms with Gasteiger partial charge in [0.05, 0.1) is 0 Å². The maximum Gasteiger partial charge on any atom is 0.118 e. The van der Waals surface area contributed by atoms with E-state index in [1.807, 2.05) is 13.8 Å². The maximum atomic E-state index is 9.88. The Morgan fingerprint density at radius 2 is 1.61 bits per heavy atom. The van der Waals surface area contributed by atoms with Gasteiger partial charge in [-0.15, -0.1) is 0 Å². The van der Waals surface area contributed by atoms with Crippen molar-refractivity contribution in [3.8, 4) is 23.7 Å². The molecule has 1 fully saturated rings. The van der Waals surface area contributed by atoms with Gasteiger partial charge in [0.1, 0.15) is 12.2 Å². The summed E-state index contributed by atoms with van der Waals surface area (Å²) in [5, 5.41) is 19.4. The van der Waals surface area contributed by atoms with Gasteiger partial charge in [-0.2, -0.15) is 0 Å². The third-order valence-corrected chi connectivity index (χ3v) is 3.31. The van der Waals surface area contributed by atoms with Crippen LogP contribution in [0.1, 0.15) is 52.4 Å². The van der Waals surface area contributed by atoms with E-state index in [0.29, 0.717) is 18.3 Å². The first-order chi connectivity index (χ1) is 8.59. The Bertz CT molecular complexity index is 345. The van der Waals surface area contributed by atoms with Crippen LogP contribution in [-0.2, 0) is 0 Å². The van der Waals surface area contributed by atoms with Crippen LogP contribution in [0.4, 0.5) is 0 Å². The van der Waals surface area contributed by atoms with Crippen molar-refractivity contribution in [1.82, 2.24) is 0 Å². The van der Waals surface area contributed by atoms with E-state index in [-0.39, 0.29) is 0 Å². The summed E-state index contributed by atoms with van der Waals surface area (Å²) in [5.74, 6) is 11.5. The second-order valence-corrected chi connectivity index (χ2v) is 5.53. The van der Waals surface area contributed by atoms with Crippen LogP contribution in [0.2, 0.25) is 0 Å². The average molecular weight is 248 g/mol. The van der Waals surface area contributed by atoms with E-state index in [2.05, 4.69) is 23.7 Å². The van der Waals surface area contributed by atoms with Crippen LogP contribution in [0.3, 0.4) is 0 Å². The Morgan fingerprint density at radius 3 is 2.22 bits per heavy atom. The molecule has 2 N–H and O–H groups in total. The lowest BCUT2D eigenvalue weighted by Crippen LogP contribution is -2.21. The highest BCUT2D eigenvalue weighted by Crippen LogP contribution is 2.25. The first-order valence-electron chi connectivity index (χ1n) is 6.96. The zero-order valence-corrected chi connectivity index (χ0v) is 11.4. The predicted octanol–water partition coefficient (Wildman–Crippen LogP) is 2.34. The van der Waals surface area contributed by atoms with Gasteiger partial charge in [0.15, 0.2) is 0 Å². The summed E-state index contributed by atoms with van der Waals surface area (Å²) in [6.45, 7) is 4.09. The number of hydrogen-bond donors (Lipinski definition) is 2. The molecule has 1 saturated carbocycles. The van der Waals surface area contributed by atoms with Crippen LogP contribution in [0, 0.1) is 35.5 Å². The van der Waals surface area contributed by atoms with Crippen molar-refractivity contribution in [3.63, 3.8) is 0 Å². The Kier molecular flexibility index (Phi) is 6.88. The zero-order chi connectivity index (χ0) is 13.4. The van der Waals surface area contributed by atoms with Crippen LogP contribution in [-0.4, -0.2) is 22.4 Å². The molecule has 2 unspecified atom stereocenters. The molecule has 0 bridgehead atoms. The highest BCUT2D eigenvalue weighted by molar-refractivity contribution is 5.28. The predicted molar refractivity (Wildman–Crippen MR) is 73.6 cm³/mol. The lowest BCUT2D eigenvalue weighted by atomic mass is 9.85. The summed E-state index contributed by atoms with van der Waals surface area (Å²) >= 11 is 0. The molecule has 1 aliphatic carbocycles. The molecule has 0 aliphatic heterocycles. The van der Waals surface area contributed by atoms with Gasteiger partial charge in [-0.3, -0.25) is 0 Å². The van der Waals surface area contributed by atoms with E-state index >= 15 is 0 Å². The maximum absolute atomic E-state index is 9.88. The van der Waals surface area contributed by atoms with Gasteiger partial charge in [-0.25, -0.2) is 0 Å². The van der Waals surface area contributed by atoms with Crippen molar-refractivity contribution in [1.29, 1.82) is 0 Å². The third kappa shape index (κ3) is 6.10. The molecule has 0 amide bonds. The van der Waals surface area contributed by atoms with Gasteiger partial charge in [0.25, 0.3) is 0 Å². The van der Waals surface area contributed by atoms with Gasteiger partial charge in [0.2, 0.25) is 0 Å². The largest absolute Gasteiger partial charge is 0.380 e. The van der Waals surface area contributed by atoms with E-state index < -0.39 is 12.2 Å². The quantitative estimate of drug-likeness (QED) is 0.753. The van der Waals surface area contributed by atoms with E-state index in [4.69, 9.17) is 0 Å². The van der Waals surface area contributed by atoms with E-state index in [1.165, 1.54) is 19.3 Å². The van der Waals surface area contributed by atoms with Gasteiger partial charge in [-0.1, -0.05) is 45.0 Å². The first-order valence-corrected chi connectivity index (χ1v) is 6.96. The Hall–Kier alpha value is -0.960. The van der Waals surface area contributed by atoms with Crippen molar-refractivity contribution < 1.29 is 10.2 Å². The van der Waals surface area contributed by atoms with Gasteiger partial charge >= 0.3 is 0 Å². The van der Waals surface area contributed by atoms with Crippen LogP contribution in [0.5, 0.6) is 0 Å². The molecule has 0 aromatic carbocycles. The van der Waals surface area contributed by atoms with Crippen molar-refractivity contribution in [2.75, 3.05) is 0 Å². The molecule has 0 heterocycles. The lowest BCUT2D eigenvalue weighted by Gasteiger charge is -2.22. The Morgan fingerprint density at radius 1 is 1.00 bits per heavy atom. The second-order valence-electron chi connectivity index (χ2n) is 5.53. The summed E-state index contributed by atoms with van der Waals surface area (Å²) < 4.78 is 0. The number of aliphatic hydroxyl groups is 2. The minimum absolute atomic E-state index is 0.314. The van der Waals surface area contributed by atoms with E-state index in [9.17, 15) is 10.2 Å². The Balaban J connectivity index is 2.37. The van der Waals surface area contributed by atoms with E-state index in [1.54, 1.807) is 0 Å². The Labute approximate surface area is 111 Å². The fourth-order valence-corrected chi connectivity index (χ4v) is 2.30. The molecule has 0 radical (unpaired) electrons. The molecule has 2 atom stereocenters. The minimum atomic E-state index is -0.605. The van der Waals surface area contributed by atoms with E-state index in [0.717, 1.165) is 12.8 Å². The molecule has 18 heavy (non-hydrogen) atoms. The number of rotatable bonds is 3. The van der Waals surface area contributed by atoms with Crippen LogP contribution in [0.25, 0.3) is 0 Å². The average Bonchev–Trinajstić information content (AvgIpc) is 2.34. The fourth-order valence-electron chi connectivity index (χ4n) is 2.30. The topological polar surface area (TPSA) is 40.5 Å². The number of aliphatic hydroxyl groups excluding tert-OH is 2. The molecule has 0 saturated heterocycles. The van der Waals surface area contributed by atoms with Gasteiger partial charge in [-0.05, 0) is 42.9 Å². The summed E-state index contributed by atoms with van der Waals surface area (Å²) in [6.07, 6.45) is 5.31. The molecular weight excluding hydrogens is 224 g/mol. The van der Waals surface area contributed by atoms with Crippen molar-refractivity contribution in [2.24, 2.45) is 11.8 Å². The fraction of sp³-hybridized carbons (Fsp3) is 0.750. The molecule has 2 nitrogen and oxygen atoms in total. The second kappa shape index (κ2) is 8.20. The summed E-state index contributed by atoms with van der Waals surface area (Å²) in [5.41, 5.74) is 0. The van der Waals surface area contributed by atoms with Gasteiger partial charge in [0, 0.05) is 0 Å². The SMILES string of the molecule is CC(C)CC(O)C#CC#CC(O)C1CCCCC1. The summed E-state index contributed by atoms with van der Waals surface area (Å²) in [4.78, 5) is 0. The third-order valence-electron chi connectivity index (χ3n) is 3.31. The summed E-state index contributed by atoms with van der Waals surface area (Å²) in [6, 6.07) is 0. The van der Waals surface area contributed by atoms with Crippen LogP contribution >= 0.6 is 0 Å². The molecule has 0 spiro atoms. The molecule has 2 heteroatoms. The molecular formula is C16H24O2. The normalized spacial score (nSPS) is 19.4. The highest BCUT2D eigenvalue weighted by atomic mass is 16.3. The number of hydrogen-bond acceptors (Lipinski definition) is 2. The standard InChI is InChI=1S/C16H24O2/c1-13(2)12-15(17)10-6-7-11-16(18)14-8-4-3-5-9-14/h13-18H,3-5,8-9,12H2,1-2H3. The van der Waals surface area contributed by atoms with Crippen molar-refractivity contribution in [2.45, 2.75) is 64.6 Å². The minimum Gasteiger partial charge on any atom is -0.380 e. The van der Waals surface area contributed by atoms with Crippen molar-refractivity contribution >= 4 is 0 Å². The zero-order valence-electron chi connectivity index (χ0n) is 11.4. The molecule has 0 aromatic heterocycles. The smallest absolute Gasteiger partial charge is 0.118 e. The molecule has 1 aliphatic rings. The van der Waals surface area contributed by atoms with Crippen molar-refractivity contribution in [3.05, 3.63) is 0 Å². The lowest BCUT2D eigenvalue weighted by molar-refractivity contribution is 0.133. The molecule has 1 rings (SSSR count). The summed E-state index contributed by atoms with van der Waals surface area (Å²) in [7, 11) is 0. The first kappa shape index (κ1) is 15.1. The van der Waals surface area contributed by atoms with Gasteiger partial charge < -0.3 is 10.2 Å². The molecule has 100 valence electrons. The monoisotopic (exact) mass is 248 g/mol.